The zero-order valence-electron chi connectivity index (χ0n) is 7.96. The Kier molecular flexibility index (Phi) is 3.25. The van der Waals surface area contributed by atoms with Gasteiger partial charge in [-0.3, -0.25) is 9.59 Å². The first-order chi connectivity index (χ1) is 6.11. The highest BCUT2D eigenvalue weighted by Gasteiger charge is 2.24. The molecule has 0 unspecified atom stereocenters. The molecule has 0 radical (unpaired) electrons. The van der Waals surface area contributed by atoms with Crippen LogP contribution >= 0.6 is 0 Å². The van der Waals surface area contributed by atoms with Gasteiger partial charge >= 0.3 is 0 Å². The third kappa shape index (κ3) is 2.69. The topological polar surface area (TPSA) is 61.4 Å². The molecular weight excluding hydrogens is 170 g/mol. The molecule has 0 aromatic rings. The van der Waals surface area contributed by atoms with E-state index in [2.05, 4.69) is 10.6 Å². The average molecular weight is 185 g/mol. The number of carbonyl (C=O) groups excluding carboxylic acids is 2. The van der Waals surface area contributed by atoms with E-state index in [1.165, 1.54) is 4.90 Å². The van der Waals surface area contributed by atoms with Gasteiger partial charge in [-0.05, 0) is 0 Å². The number of carbonyl (C=O) groups is 2. The summed E-state index contributed by atoms with van der Waals surface area (Å²) in [6.45, 7) is 1.38. The molecule has 0 aliphatic carbocycles. The van der Waals surface area contributed by atoms with Gasteiger partial charge in [-0.15, -0.1) is 0 Å². The zero-order chi connectivity index (χ0) is 9.84. The molecule has 0 aromatic heterocycles. The summed E-state index contributed by atoms with van der Waals surface area (Å²) in [4.78, 5) is 24.0. The molecule has 5 nitrogen and oxygen atoms in total. The maximum absolute atomic E-state index is 11.3. The highest BCUT2D eigenvalue weighted by Crippen LogP contribution is 1.98. The Hall–Kier alpha value is -1.10. The fourth-order valence-electron chi connectivity index (χ4n) is 1.17. The van der Waals surface area contributed by atoms with Crippen LogP contribution in [-0.4, -0.2) is 49.9 Å². The Morgan fingerprint density at radius 3 is 2.77 bits per heavy atom. The fraction of sp³-hybridized carbons (Fsp3) is 0.750. The van der Waals surface area contributed by atoms with Gasteiger partial charge in [0.25, 0.3) is 0 Å². The first-order valence-corrected chi connectivity index (χ1v) is 4.32. The van der Waals surface area contributed by atoms with Gasteiger partial charge in [0.15, 0.2) is 0 Å². The van der Waals surface area contributed by atoms with Gasteiger partial charge in [0, 0.05) is 27.2 Å². The summed E-state index contributed by atoms with van der Waals surface area (Å²) in [6.07, 6.45) is 0.235. The molecule has 1 aliphatic rings. The van der Waals surface area contributed by atoms with E-state index in [1.54, 1.807) is 14.1 Å². The molecule has 2 amide bonds. The van der Waals surface area contributed by atoms with Crippen LogP contribution in [0.3, 0.4) is 0 Å². The highest BCUT2D eigenvalue weighted by molar-refractivity contribution is 5.88. The minimum atomic E-state index is -0.358. The summed E-state index contributed by atoms with van der Waals surface area (Å²) in [5.74, 6) is -0.115. The molecule has 1 heterocycles. The van der Waals surface area contributed by atoms with Crippen molar-refractivity contribution in [1.29, 1.82) is 0 Å². The lowest BCUT2D eigenvalue weighted by atomic mass is 10.1. The quantitative estimate of drug-likeness (QED) is 0.553. The molecule has 0 saturated carbocycles. The third-order valence-electron chi connectivity index (χ3n) is 2.01. The second-order valence-corrected chi connectivity index (χ2v) is 3.29. The number of hydrogen-bond donors (Lipinski definition) is 2. The molecule has 1 fully saturated rings. The van der Waals surface area contributed by atoms with Crippen molar-refractivity contribution in [2.45, 2.75) is 12.5 Å². The molecule has 1 saturated heterocycles. The minimum absolute atomic E-state index is 0.0328. The summed E-state index contributed by atoms with van der Waals surface area (Å²) in [5, 5.41) is 5.70. The molecule has 1 atom stereocenters. The first-order valence-electron chi connectivity index (χ1n) is 4.32. The van der Waals surface area contributed by atoms with E-state index in [1.807, 2.05) is 0 Å². The van der Waals surface area contributed by atoms with Crippen LogP contribution in [0.1, 0.15) is 6.42 Å². The van der Waals surface area contributed by atoms with Crippen LogP contribution in [0.15, 0.2) is 0 Å². The van der Waals surface area contributed by atoms with Crippen LogP contribution in [-0.2, 0) is 9.59 Å². The van der Waals surface area contributed by atoms with Gasteiger partial charge in [-0.2, -0.15) is 0 Å². The molecule has 0 aromatic carbocycles. The van der Waals surface area contributed by atoms with Crippen molar-refractivity contribution in [1.82, 2.24) is 15.5 Å². The van der Waals surface area contributed by atoms with Crippen LogP contribution in [0, 0.1) is 0 Å². The molecule has 13 heavy (non-hydrogen) atoms. The number of amides is 2. The van der Waals surface area contributed by atoms with Crippen molar-refractivity contribution in [2.24, 2.45) is 0 Å². The van der Waals surface area contributed by atoms with Gasteiger partial charge in [-0.25, -0.2) is 0 Å². The van der Waals surface area contributed by atoms with Crippen LogP contribution in [0.4, 0.5) is 0 Å². The van der Waals surface area contributed by atoms with Crippen LogP contribution in [0.25, 0.3) is 0 Å². The van der Waals surface area contributed by atoms with Crippen molar-refractivity contribution in [3.63, 3.8) is 0 Å². The second kappa shape index (κ2) is 4.23. The number of piperazine rings is 1. The maximum atomic E-state index is 11.3. The van der Waals surface area contributed by atoms with Gasteiger partial charge in [0.05, 0.1) is 12.5 Å². The normalized spacial score (nSPS) is 22.3. The van der Waals surface area contributed by atoms with Gasteiger partial charge in [0.1, 0.15) is 0 Å². The molecular formula is C8H15N3O2. The maximum Gasteiger partial charge on any atom is 0.237 e. The van der Waals surface area contributed by atoms with Gasteiger partial charge < -0.3 is 15.5 Å². The zero-order valence-corrected chi connectivity index (χ0v) is 7.96. The fourth-order valence-corrected chi connectivity index (χ4v) is 1.17. The average Bonchev–Trinajstić information content (AvgIpc) is 2.08. The predicted octanol–water partition coefficient (Wildman–Crippen LogP) is -1.45. The molecule has 0 bridgehead atoms. The Balaban J connectivity index is 2.43. The lowest BCUT2D eigenvalue weighted by Crippen LogP contribution is -2.54. The lowest BCUT2D eigenvalue weighted by molar-refractivity contribution is -0.133. The van der Waals surface area contributed by atoms with Crippen molar-refractivity contribution in [3.05, 3.63) is 0 Å². The summed E-state index contributed by atoms with van der Waals surface area (Å²) in [7, 11) is 3.37. The number of nitrogens with one attached hydrogen (secondary N) is 2. The molecule has 2 N–H and O–H groups in total. The summed E-state index contributed by atoms with van der Waals surface area (Å²) in [6, 6.07) is -0.358. The van der Waals surface area contributed by atoms with E-state index >= 15 is 0 Å². The molecule has 1 rings (SSSR count). The van der Waals surface area contributed by atoms with Crippen molar-refractivity contribution >= 4 is 11.8 Å². The van der Waals surface area contributed by atoms with E-state index in [9.17, 15) is 9.59 Å². The van der Waals surface area contributed by atoms with E-state index in [4.69, 9.17) is 0 Å². The smallest absolute Gasteiger partial charge is 0.237 e. The number of nitrogens with zero attached hydrogens (tertiary/aromatic N) is 1. The number of rotatable bonds is 2. The Labute approximate surface area is 77.5 Å². The molecule has 1 aliphatic heterocycles. The molecule has 5 heteroatoms. The van der Waals surface area contributed by atoms with Crippen molar-refractivity contribution in [2.75, 3.05) is 27.2 Å². The first kappa shape index (κ1) is 9.98. The van der Waals surface area contributed by atoms with E-state index in [0.717, 1.165) is 6.54 Å². The molecule has 74 valence electrons. The standard InChI is InChI=1S/C8H15N3O2/c1-11(2)7(12)5-6-8(13)10-4-3-9-6/h6,9H,3-5H2,1-2H3,(H,10,13)/t6-/m0/s1. The van der Waals surface area contributed by atoms with Crippen LogP contribution < -0.4 is 10.6 Å². The minimum Gasteiger partial charge on any atom is -0.353 e. The van der Waals surface area contributed by atoms with Gasteiger partial charge in [-0.1, -0.05) is 0 Å². The Bertz CT molecular complexity index is 215. The summed E-state index contributed by atoms with van der Waals surface area (Å²) >= 11 is 0. The van der Waals surface area contributed by atoms with E-state index in [-0.39, 0.29) is 24.3 Å². The van der Waals surface area contributed by atoms with Crippen molar-refractivity contribution in [3.8, 4) is 0 Å². The number of hydrogen-bond acceptors (Lipinski definition) is 3. The Morgan fingerprint density at radius 1 is 1.54 bits per heavy atom. The van der Waals surface area contributed by atoms with Gasteiger partial charge in [0.2, 0.25) is 11.8 Å². The van der Waals surface area contributed by atoms with Crippen molar-refractivity contribution < 1.29 is 9.59 Å². The van der Waals surface area contributed by atoms with Crippen LogP contribution in [0.5, 0.6) is 0 Å². The van der Waals surface area contributed by atoms with E-state index < -0.39 is 0 Å². The van der Waals surface area contributed by atoms with E-state index in [0.29, 0.717) is 6.54 Å². The predicted molar refractivity (Wildman–Crippen MR) is 48.1 cm³/mol. The second-order valence-electron chi connectivity index (χ2n) is 3.29. The Morgan fingerprint density at radius 2 is 2.23 bits per heavy atom. The highest BCUT2D eigenvalue weighted by atomic mass is 16.2. The monoisotopic (exact) mass is 185 g/mol. The largest absolute Gasteiger partial charge is 0.353 e. The SMILES string of the molecule is CN(C)C(=O)C[C@@H]1NCCNC1=O. The lowest BCUT2D eigenvalue weighted by Gasteiger charge is -2.23. The third-order valence-corrected chi connectivity index (χ3v) is 2.01. The molecule has 0 spiro atoms. The summed E-state index contributed by atoms with van der Waals surface area (Å²) in [5.41, 5.74) is 0. The van der Waals surface area contributed by atoms with Crippen LogP contribution in [0.2, 0.25) is 0 Å². The summed E-state index contributed by atoms with van der Waals surface area (Å²) < 4.78 is 0.